The number of halogens is 1. The number of nitrogens with one attached hydrogen (secondary N) is 1. The first kappa shape index (κ1) is 15.2. The Morgan fingerprint density at radius 3 is 2.77 bits per heavy atom. The number of aliphatic hydroxyl groups excluding tert-OH is 1. The molecule has 2 atom stereocenters. The van der Waals surface area contributed by atoms with E-state index >= 15 is 0 Å². The molecule has 1 unspecified atom stereocenters. The number of hydrogen-bond acceptors (Lipinski definition) is 2. The van der Waals surface area contributed by atoms with Crippen LogP contribution in [0.15, 0.2) is 48.5 Å². The molecule has 0 fully saturated rings. The van der Waals surface area contributed by atoms with Crippen molar-refractivity contribution in [3.8, 4) is 0 Å². The van der Waals surface area contributed by atoms with E-state index in [2.05, 4.69) is 17.4 Å². The third-order valence-electron chi connectivity index (χ3n) is 4.44. The maximum Gasteiger partial charge on any atom is 0.123 e. The summed E-state index contributed by atoms with van der Waals surface area (Å²) in [5, 5.41) is 13.0. The van der Waals surface area contributed by atoms with Crippen LogP contribution in [-0.2, 0) is 6.42 Å². The second kappa shape index (κ2) is 7.03. The summed E-state index contributed by atoms with van der Waals surface area (Å²) < 4.78 is 13.6. The minimum atomic E-state index is -0.175. The molecular formula is C19H22FNO. The minimum absolute atomic E-state index is 0.0883. The molecule has 2 nitrogen and oxygen atoms in total. The van der Waals surface area contributed by atoms with Gasteiger partial charge < -0.3 is 10.4 Å². The van der Waals surface area contributed by atoms with Gasteiger partial charge in [-0.15, -0.1) is 0 Å². The predicted molar refractivity (Wildman–Crippen MR) is 86.1 cm³/mol. The Morgan fingerprint density at radius 1 is 1.18 bits per heavy atom. The molecule has 0 aliphatic heterocycles. The molecular weight excluding hydrogens is 277 g/mol. The van der Waals surface area contributed by atoms with Crippen molar-refractivity contribution in [1.29, 1.82) is 0 Å². The number of rotatable bonds is 5. The zero-order valence-electron chi connectivity index (χ0n) is 12.6. The van der Waals surface area contributed by atoms with Gasteiger partial charge in [0.05, 0.1) is 0 Å². The fourth-order valence-electron chi connectivity index (χ4n) is 3.35. The predicted octanol–water partition coefficient (Wildman–Crippen LogP) is 3.92. The van der Waals surface area contributed by atoms with Crippen LogP contribution >= 0.6 is 0 Å². The van der Waals surface area contributed by atoms with Gasteiger partial charge in [-0.25, -0.2) is 4.39 Å². The van der Waals surface area contributed by atoms with Crippen LogP contribution in [0.5, 0.6) is 0 Å². The number of fused-ring (bicyclic) bond motifs is 1. The van der Waals surface area contributed by atoms with Gasteiger partial charge in [0.25, 0.3) is 0 Å². The summed E-state index contributed by atoms with van der Waals surface area (Å²) in [7, 11) is 0. The van der Waals surface area contributed by atoms with E-state index in [1.807, 2.05) is 24.3 Å². The van der Waals surface area contributed by atoms with Crippen molar-refractivity contribution in [1.82, 2.24) is 5.32 Å². The largest absolute Gasteiger partial charge is 0.396 e. The van der Waals surface area contributed by atoms with Crippen molar-refractivity contribution < 1.29 is 9.50 Å². The number of benzene rings is 2. The fraction of sp³-hybridized carbons (Fsp3) is 0.368. The third-order valence-corrected chi connectivity index (χ3v) is 4.44. The first-order valence-electron chi connectivity index (χ1n) is 7.98. The number of aliphatic hydroxyl groups is 1. The van der Waals surface area contributed by atoms with Crippen molar-refractivity contribution in [3.63, 3.8) is 0 Å². The summed E-state index contributed by atoms with van der Waals surface area (Å²) in [5.41, 5.74) is 3.48. The molecule has 2 aromatic carbocycles. The van der Waals surface area contributed by atoms with Gasteiger partial charge in [-0.05, 0) is 54.5 Å². The quantitative estimate of drug-likeness (QED) is 0.877. The lowest BCUT2D eigenvalue weighted by molar-refractivity contribution is 0.255. The van der Waals surface area contributed by atoms with E-state index in [1.54, 1.807) is 12.1 Å². The standard InChI is InChI=1S/C19H22FNO/c20-16-10-9-14-7-4-8-19(17(14)13-16)21-18(11-12-22)15-5-2-1-3-6-15/h1-3,5-6,9-10,13,18-19,21-22H,4,7-8,11-12H2/t18-,19?/m1/s1. The molecule has 116 valence electrons. The van der Waals surface area contributed by atoms with Crippen molar-refractivity contribution >= 4 is 0 Å². The van der Waals surface area contributed by atoms with Crippen LogP contribution in [0.1, 0.15) is 48.0 Å². The van der Waals surface area contributed by atoms with E-state index < -0.39 is 0 Å². The van der Waals surface area contributed by atoms with Crippen LogP contribution < -0.4 is 5.32 Å². The minimum Gasteiger partial charge on any atom is -0.396 e. The van der Waals surface area contributed by atoms with E-state index in [0.717, 1.165) is 24.8 Å². The molecule has 0 spiro atoms. The van der Waals surface area contributed by atoms with Crippen molar-refractivity contribution in [2.75, 3.05) is 6.61 Å². The Morgan fingerprint density at radius 2 is 2.00 bits per heavy atom. The Balaban J connectivity index is 1.84. The Kier molecular flexibility index (Phi) is 4.86. The zero-order chi connectivity index (χ0) is 15.4. The maximum atomic E-state index is 13.6. The summed E-state index contributed by atoms with van der Waals surface area (Å²) in [6, 6.07) is 15.5. The van der Waals surface area contributed by atoms with E-state index in [0.29, 0.717) is 6.42 Å². The highest BCUT2D eigenvalue weighted by Crippen LogP contribution is 2.33. The number of hydrogen-bond donors (Lipinski definition) is 2. The Hall–Kier alpha value is -1.71. The molecule has 0 radical (unpaired) electrons. The van der Waals surface area contributed by atoms with E-state index in [-0.39, 0.29) is 24.5 Å². The van der Waals surface area contributed by atoms with E-state index in [9.17, 15) is 9.50 Å². The molecule has 3 heteroatoms. The van der Waals surface area contributed by atoms with Gasteiger partial charge >= 0.3 is 0 Å². The second-order valence-corrected chi connectivity index (χ2v) is 5.93. The first-order chi connectivity index (χ1) is 10.8. The summed E-state index contributed by atoms with van der Waals surface area (Å²) in [5.74, 6) is -0.175. The zero-order valence-corrected chi connectivity index (χ0v) is 12.6. The second-order valence-electron chi connectivity index (χ2n) is 5.93. The van der Waals surface area contributed by atoms with Crippen molar-refractivity contribution in [2.24, 2.45) is 0 Å². The highest BCUT2D eigenvalue weighted by molar-refractivity contribution is 5.33. The topological polar surface area (TPSA) is 32.3 Å². The van der Waals surface area contributed by atoms with Crippen LogP contribution in [-0.4, -0.2) is 11.7 Å². The van der Waals surface area contributed by atoms with Gasteiger partial charge in [-0.2, -0.15) is 0 Å². The summed E-state index contributed by atoms with van der Waals surface area (Å²) in [6.45, 7) is 0.134. The summed E-state index contributed by atoms with van der Waals surface area (Å²) in [4.78, 5) is 0. The van der Waals surface area contributed by atoms with Crippen LogP contribution in [0.25, 0.3) is 0 Å². The SMILES string of the molecule is OCC[C@@H](NC1CCCc2ccc(F)cc21)c1ccccc1. The number of aryl methyl sites for hydroxylation is 1. The lowest BCUT2D eigenvalue weighted by atomic mass is 9.86. The normalized spacial score (nSPS) is 18.7. The summed E-state index contributed by atoms with van der Waals surface area (Å²) in [6.07, 6.45) is 3.79. The molecule has 2 aromatic rings. The maximum absolute atomic E-state index is 13.6. The van der Waals surface area contributed by atoms with Gasteiger partial charge in [-0.3, -0.25) is 0 Å². The molecule has 1 aliphatic carbocycles. The van der Waals surface area contributed by atoms with E-state index in [1.165, 1.54) is 11.1 Å². The Labute approximate surface area is 131 Å². The lowest BCUT2D eigenvalue weighted by Gasteiger charge is -2.31. The van der Waals surface area contributed by atoms with Gasteiger partial charge in [0, 0.05) is 18.7 Å². The molecule has 0 amide bonds. The van der Waals surface area contributed by atoms with Gasteiger partial charge in [0.1, 0.15) is 5.82 Å². The van der Waals surface area contributed by atoms with Gasteiger partial charge in [0.15, 0.2) is 0 Å². The fourth-order valence-corrected chi connectivity index (χ4v) is 3.35. The Bertz CT molecular complexity index is 614. The third kappa shape index (κ3) is 3.37. The molecule has 2 N–H and O–H groups in total. The van der Waals surface area contributed by atoms with Crippen LogP contribution in [0.2, 0.25) is 0 Å². The summed E-state index contributed by atoms with van der Waals surface area (Å²) >= 11 is 0. The van der Waals surface area contributed by atoms with Crippen molar-refractivity contribution in [3.05, 3.63) is 71.0 Å². The molecule has 1 aliphatic rings. The highest BCUT2D eigenvalue weighted by Gasteiger charge is 2.23. The molecule has 0 saturated carbocycles. The molecule has 0 aromatic heterocycles. The molecule has 0 heterocycles. The highest BCUT2D eigenvalue weighted by atomic mass is 19.1. The van der Waals surface area contributed by atoms with Crippen LogP contribution in [0.4, 0.5) is 4.39 Å². The molecule has 0 bridgehead atoms. The average molecular weight is 299 g/mol. The molecule has 0 saturated heterocycles. The van der Waals surface area contributed by atoms with Crippen LogP contribution in [0.3, 0.4) is 0 Å². The van der Waals surface area contributed by atoms with Gasteiger partial charge in [0.2, 0.25) is 0 Å². The smallest absolute Gasteiger partial charge is 0.123 e. The van der Waals surface area contributed by atoms with Crippen LogP contribution in [0, 0.1) is 5.82 Å². The van der Waals surface area contributed by atoms with E-state index in [4.69, 9.17) is 0 Å². The van der Waals surface area contributed by atoms with Crippen molar-refractivity contribution in [2.45, 2.75) is 37.8 Å². The lowest BCUT2D eigenvalue weighted by Crippen LogP contribution is -2.30. The monoisotopic (exact) mass is 299 g/mol. The van der Waals surface area contributed by atoms with Gasteiger partial charge in [-0.1, -0.05) is 36.4 Å². The molecule has 3 rings (SSSR count). The molecule has 22 heavy (non-hydrogen) atoms. The first-order valence-corrected chi connectivity index (χ1v) is 7.98. The average Bonchev–Trinajstić information content (AvgIpc) is 2.56.